The molecule has 0 aliphatic rings. The number of benzene rings is 1. The SMILES string of the molecule is Cc1ccc(-c2cn3ccc(C)cc3n2)cc1.I. The number of hydrogen-bond donors (Lipinski definition) is 0. The van der Waals surface area contributed by atoms with Crippen molar-refractivity contribution in [3.05, 3.63) is 59.9 Å². The first-order chi connectivity index (χ1) is 8.22. The Kier molecular flexibility index (Phi) is 3.71. The van der Waals surface area contributed by atoms with Crippen molar-refractivity contribution in [2.45, 2.75) is 13.8 Å². The Morgan fingerprint density at radius 2 is 1.67 bits per heavy atom. The fourth-order valence-electron chi connectivity index (χ4n) is 1.95. The summed E-state index contributed by atoms with van der Waals surface area (Å²) in [5.74, 6) is 0. The van der Waals surface area contributed by atoms with E-state index >= 15 is 0 Å². The third-order valence-corrected chi connectivity index (χ3v) is 2.96. The smallest absolute Gasteiger partial charge is 0.137 e. The lowest BCUT2D eigenvalue weighted by atomic mass is 10.1. The van der Waals surface area contributed by atoms with E-state index in [2.05, 4.69) is 72.0 Å². The summed E-state index contributed by atoms with van der Waals surface area (Å²) in [6.07, 6.45) is 4.12. The van der Waals surface area contributed by atoms with Crippen molar-refractivity contribution in [3.63, 3.8) is 0 Å². The zero-order valence-corrected chi connectivity index (χ0v) is 12.8. The van der Waals surface area contributed by atoms with Gasteiger partial charge < -0.3 is 4.40 Å². The van der Waals surface area contributed by atoms with E-state index in [1.165, 1.54) is 11.1 Å². The van der Waals surface area contributed by atoms with E-state index < -0.39 is 0 Å². The van der Waals surface area contributed by atoms with E-state index in [1.54, 1.807) is 0 Å². The molecule has 0 atom stereocenters. The highest BCUT2D eigenvalue weighted by molar-refractivity contribution is 14.0. The van der Waals surface area contributed by atoms with E-state index in [4.69, 9.17) is 0 Å². The molecule has 0 N–H and O–H groups in total. The van der Waals surface area contributed by atoms with E-state index in [1.807, 2.05) is 0 Å². The van der Waals surface area contributed by atoms with Crippen molar-refractivity contribution in [2.75, 3.05) is 0 Å². The monoisotopic (exact) mass is 350 g/mol. The first-order valence-corrected chi connectivity index (χ1v) is 5.75. The molecule has 0 spiro atoms. The van der Waals surface area contributed by atoms with Gasteiger partial charge in [0, 0.05) is 18.0 Å². The predicted octanol–water partition coefficient (Wildman–Crippen LogP) is 4.24. The second-order valence-corrected chi connectivity index (χ2v) is 4.46. The number of hydrogen-bond acceptors (Lipinski definition) is 1. The maximum Gasteiger partial charge on any atom is 0.137 e. The van der Waals surface area contributed by atoms with Crippen molar-refractivity contribution in [2.24, 2.45) is 0 Å². The van der Waals surface area contributed by atoms with Crippen LogP contribution in [0.25, 0.3) is 16.9 Å². The van der Waals surface area contributed by atoms with Crippen molar-refractivity contribution < 1.29 is 0 Å². The summed E-state index contributed by atoms with van der Waals surface area (Å²) < 4.78 is 2.06. The summed E-state index contributed by atoms with van der Waals surface area (Å²) in [6, 6.07) is 12.6. The lowest BCUT2D eigenvalue weighted by Crippen LogP contribution is -1.81. The van der Waals surface area contributed by atoms with E-state index in [0.717, 1.165) is 16.9 Å². The minimum absolute atomic E-state index is 0. The van der Waals surface area contributed by atoms with Crippen LogP contribution in [0.1, 0.15) is 11.1 Å². The molecular weight excluding hydrogens is 335 g/mol. The van der Waals surface area contributed by atoms with Gasteiger partial charge in [0.05, 0.1) is 5.69 Å². The van der Waals surface area contributed by atoms with Crippen LogP contribution in [0.2, 0.25) is 0 Å². The molecular formula is C15H15IN2. The Hall–Kier alpha value is -1.36. The fraction of sp³-hybridized carbons (Fsp3) is 0.133. The molecule has 0 aliphatic carbocycles. The number of fused-ring (bicyclic) bond motifs is 1. The van der Waals surface area contributed by atoms with Crippen molar-refractivity contribution in [1.82, 2.24) is 9.38 Å². The second-order valence-electron chi connectivity index (χ2n) is 4.46. The molecule has 2 heterocycles. The van der Waals surface area contributed by atoms with Gasteiger partial charge in [-0.1, -0.05) is 29.8 Å². The van der Waals surface area contributed by atoms with Gasteiger partial charge in [0.1, 0.15) is 5.65 Å². The summed E-state index contributed by atoms with van der Waals surface area (Å²) in [5.41, 5.74) is 5.69. The molecule has 0 amide bonds. The molecule has 3 rings (SSSR count). The quantitative estimate of drug-likeness (QED) is 0.600. The molecule has 1 aromatic carbocycles. The Labute approximate surface area is 124 Å². The number of nitrogens with zero attached hydrogens (tertiary/aromatic N) is 2. The zero-order valence-electron chi connectivity index (χ0n) is 10.4. The summed E-state index contributed by atoms with van der Waals surface area (Å²) in [5, 5.41) is 0. The Balaban J connectivity index is 0.00000120. The third kappa shape index (κ3) is 2.41. The molecule has 0 saturated heterocycles. The highest BCUT2D eigenvalue weighted by Gasteiger charge is 2.03. The van der Waals surface area contributed by atoms with Crippen LogP contribution >= 0.6 is 24.0 Å². The molecule has 3 aromatic rings. The molecule has 0 bridgehead atoms. The van der Waals surface area contributed by atoms with Crippen LogP contribution in [0.5, 0.6) is 0 Å². The molecule has 3 heteroatoms. The standard InChI is InChI=1S/C15H14N2.HI/c1-11-3-5-13(6-4-11)14-10-17-8-7-12(2)9-15(17)16-14;/h3-10H,1-2H3;1H. The van der Waals surface area contributed by atoms with Gasteiger partial charge in [0.2, 0.25) is 0 Å². The van der Waals surface area contributed by atoms with Gasteiger partial charge >= 0.3 is 0 Å². The average molecular weight is 350 g/mol. The minimum atomic E-state index is 0. The molecule has 18 heavy (non-hydrogen) atoms. The predicted molar refractivity (Wildman–Crippen MR) is 85.5 cm³/mol. The summed E-state index contributed by atoms with van der Waals surface area (Å²) in [4.78, 5) is 4.64. The number of pyridine rings is 1. The van der Waals surface area contributed by atoms with Gasteiger partial charge in [-0.05, 0) is 31.5 Å². The lowest BCUT2D eigenvalue weighted by molar-refractivity contribution is 1.17. The van der Waals surface area contributed by atoms with Gasteiger partial charge in [0.15, 0.2) is 0 Å². The molecule has 0 fully saturated rings. The largest absolute Gasteiger partial charge is 0.306 e. The second kappa shape index (κ2) is 5.10. The van der Waals surface area contributed by atoms with Gasteiger partial charge in [-0.25, -0.2) is 4.98 Å². The van der Waals surface area contributed by atoms with Crippen molar-refractivity contribution in [3.8, 4) is 11.3 Å². The van der Waals surface area contributed by atoms with Crippen LogP contribution in [0.15, 0.2) is 48.8 Å². The zero-order chi connectivity index (χ0) is 11.8. The van der Waals surface area contributed by atoms with E-state index in [0.29, 0.717) is 0 Å². The highest BCUT2D eigenvalue weighted by Crippen LogP contribution is 2.19. The lowest BCUT2D eigenvalue weighted by Gasteiger charge is -1.96. The normalized spacial score (nSPS) is 10.3. The first kappa shape index (κ1) is 13.1. The molecule has 92 valence electrons. The average Bonchev–Trinajstić information content (AvgIpc) is 2.72. The van der Waals surface area contributed by atoms with Crippen LogP contribution in [0, 0.1) is 13.8 Å². The Bertz CT molecular complexity index is 669. The fourth-order valence-corrected chi connectivity index (χ4v) is 1.95. The maximum atomic E-state index is 4.64. The molecule has 2 aromatic heterocycles. The molecule has 0 aliphatic heterocycles. The van der Waals surface area contributed by atoms with E-state index in [9.17, 15) is 0 Å². The van der Waals surface area contributed by atoms with Crippen LogP contribution in [0.4, 0.5) is 0 Å². The van der Waals surface area contributed by atoms with Gasteiger partial charge in [-0.15, -0.1) is 24.0 Å². The third-order valence-electron chi connectivity index (χ3n) is 2.96. The van der Waals surface area contributed by atoms with Crippen LogP contribution in [0.3, 0.4) is 0 Å². The van der Waals surface area contributed by atoms with Gasteiger partial charge in [-0.2, -0.15) is 0 Å². The maximum absolute atomic E-state index is 4.64. The Morgan fingerprint density at radius 1 is 0.944 bits per heavy atom. The number of halogens is 1. The molecule has 2 nitrogen and oxygen atoms in total. The number of rotatable bonds is 1. The van der Waals surface area contributed by atoms with E-state index in [-0.39, 0.29) is 24.0 Å². The minimum Gasteiger partial charge on any atom is -0.306 e. The molecule has 0 radical (unpaired) electrons. The number of aromatic nitrogens is 2. The first-order valence-electron chi connectivity index (χ1n) is 5.75. The summed E-state index contributed by atoms with van der Waals surface area (Å²) in [6.45, 7) is 4.18. The van der Waals surface area contributed by atoms with Crippen LogP contribution < -0.4 is 0 Å². The molecule has 0 saturated carbocycles. The highest BCUT2D eigenvalue weighted by atomic mass is 127. The van der Waals surface area contributed by atoms with Crippen molar-refractivity contribution in [1.29, 1.82) is 0 Å². The van der Waals surface area contributed by atoms with Crippen LogP contribution in [-0.4, -0.2) is 9.38 Å². The van der Waals surface area contributed by atoms with Crippen LogP contribution in [-0.2, 0) is 0 Å². The molecule has 0 unspecified atom stereocenters. The van der Waals surface area contributed by atoms with Gasteiger partial charge in [-0.3, -0.25) is 0 Å². The van der Waals surface area contributed by atoms with Gasteiger partial charge in [0.25, 0.3) is 0 Å². The van der Waals surface area contributed by atoms with Crippen molar-refractivity contribution >= 4 is 29.6 Å². The number of aryl methyl sites for hydroxylation is 2. The summed E-state index contributed by atoms with van der Waals surface area (Å²) >= 11 is 0. The number of imidazole rings is 1. The topological polar surface area (TPSA) is 17.3 Å². The summed E-state index contributed by atoms with van der Waals surface area (Å²) in [7, 11) is 0. The Morgan fingerprint density at radius 3 is 2.39 bits per heavy atom.